The zero-order chi connectivity index (χ0) is 12.4. The maximum Gasteiger partial charge on any atom is 0.185 e. The van der Waals surface area contributed by atoms with Crippen LogP contribution in [0.1, 0.15) is 6.42 Å². The van der Waals surface area contributed by atoms with Gasteiger partial charge in [-0.15, -0.1) is 11.3 Å². The lowest BCUT2D eigenvalue weighted by atomic mass is 10.1. The van der Waals surface area contributed by atoms with Gasteiger partial charge >= 0.3 is 0 Å². The molecule has 1 aliphatic carbocycles. The Morgan fingerprint density at radius 2 is 2.11 bits per heavy atom. The van der Waals surface area contributed by atoms with Crippen LogP contribution in [0.25, 0.3) is 0 Å². The molecule has 2 N–H and O–H groups in total. The van der Waals surface area contributed by atoms with Crippen molar-refractivity contribution in [2.75, 3.05) is 37.6 Å². The first-order valence-electron chi connectivity index (χ1n) is 6.62. The van der Waals surface area contributed by atoms with Crippen molar-refractivity contribution in [2.45, 2.75) is 12.5 Å². The highest BCUT2D eigenvalue weighted by molar-refractivity contribution is 7.13. The highest BCUT2D eigenvalue weighted by atomic mass is 32.1. The van der Waals surface area contributed by atoms with E-state index in [1.807, 2.05) is 11.6 Å². The van der Waals surface area contributed by atoms with Crippen molar-refractivity contribution in [1.82, 2.24) is 9.88 Å². The van der Waals surface area contributed by atoms with Crippen LogP contribution in [0.2, 0.25) is 0 Å². The fraction of sp³-hybridized carbons (Fsp3) is 0.615. The fourth-order valence-electron chi connectivity index (χ4n) is 2.77. The lowest BCUT2D eigenvalue weighted by Crippen LogP contribution is -2.47. The highest BCUT2D eigenvalue weighted by Gasteiger charge is 2.22. The number of nitrogens with zero attached hydrogens (tertiary/aromatic N) is 3. The van der Waals surface area contributed by atoms with Gasteiger partial charge in [-0.25, -0.2) is 4.98 Å². The molecule has 4 nitrogen and oxygen atoms in total. The molecule has 0 aromatic carbocycles. The Morgan fingerprint density at radius 1 is 1.28 bits per heavy atom. The van der Waals surface area contributed by atoms with Crippen LogP contribution in [0.15, 0.2) is 23.7 Å². The van der Waals surface area contributed by atoms with Gasteiger partial charge in [-0.1, -0.05) is 12.2 Å². The monoisotopic (exact) mass is 264 g/mol. The van der Waals surface area contributed by atoms with Gasteiger partial charge in [-0.05, 0) is 12.3 Å². The SMILES string of the molecule is NC1C=CC(CN2CCN(c3nccs3)CC2)C1. The number of anilines is 1. The maximum absolute atomic E-state index is 5.90. The van der Waals surface area contributed by atoms with Crippen molar-refractivity contribution in [2.24, 2.45) is 11.7 Å². The van der Waals surface area contributed by atoms with Gasteiger partial charge in [0.1, 0.15) is 0 Å². The van der Waals surface area contributed by atoms with Crippen LogP contribution in [0.4, 0.5) is 5.13 Å². The van der Waals surface area contributed by atoms with Gasteiger partial charge in [-0.3, -0.25) is 4.90 Å². The molecule has 2 atom stereocenters. The molecule has 1 aliphatic heterocycles. The molecule has 2 heterocycles. The Morgan fingerprint density at radius 3 is 2.72 bits per heavy atom. The molecule has 1 aromatic heterocycles. The summed E-state index contributed by atoms with van der Waals surface area (Å²) in [6, 6.07) is 0.284. The van der Waals surface area contributed by atoms with Gasteiger partial charge in [0.15, 0.2) is 5.13 Å². The Labute approximate surface area is 112 Å². The summed E-state index contributed by atoms with van der Waals surface area (Å²) in [6.07, 6.45) is 7.44. The Hall–Kier alpha value is -0.910. The van der Waals surface area contributed by atoms with Crippen molar-refractivity contribution in [3.8, 4) is 0 Å². The van der Waals surface area contributed by atoms with E-state index in [2.05, 4.69) is 26.9 Å². The summed E-state index contributed by atoms with van der Waals surface area (Å²) in [5.41, 5.74) is 5.90. The number of hydrogen-bond acceptors (Lipinski definition) is 5. The second-order valence-electron chi connectivity index (χ2n) is 5.15. The van der Waals surface area contributed by atoms with E-state index in [0.29, 0.717) is 5.92 Å². The van der Waals surface area contributed by atoms with Gasteiger partial charge in [0.2, 0.25) is 0 Å². The number of aromatic nitrogens is 1. The summed E-state index contributed by atoms with van der Waals surface area (Å²) in [5, 5.41) is 3.21. The highest BCUT2D eigenvalue weighted by Crippen LogP contribution is 2.21. The molecule has 5 heteroatoms. The van der Waals surface area contributed by atoms with Gasteiger partial charge in [0.05, 0.1) is 0 Å². The third-order valence-electron chi connectivity index (χ3n) is 3.76. The number of piperazine rings is 1. The van der Waals surface area contributed by atoms with Crippen molar-refractivity contribution in [3.05, 3.63) is 23.7 Å². The topological polar surface area (TPSA) is 45.4 Å². The average Bonchev–Trinajstić information content (AvgIpc) is 3.02. The van der Waals surface area contributed by atoms with E-state index in [0.717, 1.165) is 44.3 Å². The van der Waals surface area contributed by atoms with E-state index in [9.17, 15) is 0 Å². The molecular weight excluding hydrogens is 244 g/mol. The summed E-state index contributed by atoms with van der Waals surface area (Å²) < 4.78 is 0. The van der Waals surface area contributed by atoms with Crippen molar-refractivity contribution in [3.63, 3.8) is 0 Å². The van der Waals surface area contributed by atoms with Gasteiger partial charge in [0.25, 0.3) is 0 Å². The zero-order valence-corrected chi connectivity index (χ0v) is 11.4. The molecule has 0 amide bonds. The molecule has 1 aromatic rings. The third kappa shape index (κ3) is 2.74. The molecule has 0 radical (unpaired) electrons. The predicted molar refractivity (Wildman–Crippen MR) is 76.0 cm³/mol. The second kappa shape index (κ2) is 5.38. The van der Waals surface area contributed by atoms with Gasteiger partial charge in [0, 0.05) is 50.3 Å². The molecule has 2 unspecified atom stereocenters. The molecule has 0 bridgehead atoms. The number of rotatable bonds is 3. The van der Waals surface area contributed by atoms with Crippen LogP contribution in [0.3, 0.4) is 0 Å². The fourth-order valence-corrected chi connectivity index (χ4v) is 3.46. The third-order valence-corrected chi connectivity index (χ3v) is 4.59. The van der Waals surface area contributed by atoms with Crippen molar-refractivity contribution < 1.29 is 0 Å². The minimum atomic E-state index is 0.284. The molecule has 0 saturated carbocycles. The van der Waals surface area contributed by atoms with Crippen LogP contribution in [-0.4, -0.2) is 48.6 Å². The van der Waals surface area contributed by atoms with E-state index >= 15 is 0 Å². The standard InChI is InChI=1S/C13H20N4S/c14-12-2-1-11(9-12)10-16-4-6-17(7-5-16)13-15-3-8-18-13/h1-3,8,11-12H,4-7,9-10,14H2. The normalized spacial score (nSPS) is 29.1. The number of hydrogen-bond donors (Lipinski definition) is 1. The second-order valence-corrected chi connectivity index (χ2v) is 6.02. The van der Waals surface area contributed by atoms with E-state index in [-0.39, 0.29) is 6.04 Å². The molecule has 1 saturated heterocycles. The Bertz CT molecular complexity index is 395. The van der Waals surface area contributed by atoms with E-state index in [1.165, 1.54) is 0 Å². The quantitative estimate of drug-likeness (QED) is 0.833. The summed E-state index contributed by atoms with van der Waals surface area (Å²) >= 11 is 1.73. The zero-order valence-electron chi connectivity index (χ0n) is 10.5. The lowest BCUT2D eigenvalue weighted by molar-refractivity contribution is 0.232. The van der Waals surface area contributed by atoms with Crippen LogP contribution < -0.4 is 10.6 Å². The number of thiazole rings is 1. The molecular formula is C13H20N4S. The van der Waals surface area contributed by atoms with Gasteiger partial charge in [-0.2, -0.15) is 0 Å². The van der Waals surface area contributed by atoms with Crippen LogP contribution >= 0.6 is 11.3 Å². The average molecular weight is 264 g/mol. The van der Waals surface area contributed by atoms with Gasteiger partial charge < -0.3 is 10.6 Å². The van der Waals surface area contributed by atoms with Crippen molar-refractivity contribution in [1.29, 1.82) is 0 Å². The predicted octanol–water partition coefficient (Wildman–Crippen LogP) is 1.17. The summed E-state index contributed by atoms with van der Waals surface area (Å²) in [6.45, 7) is 5.63. The minimum absolute atomic E-state index is 0.284. The molecule has 3 rings (SSSR count). The summed E-state index contributed by atoms with van der Waals surface area (Å²) in [7, 11) is 0. The van der Waals surface area contributed by atoms with Crippen LogP contribution in [-0.2, 0) is 0 Å². The van der Waals surface area contributed by atoms with E-state index in [4.69, 9.17) is 5.73 Å². The molecule has 0 spiro atoms. The van der Waals surface area contributed by atoms with E-state index in [1.54, 1.807) is 11.3 Å². The number of nitrogens with two attached hydrogens (primary N) is 1. The first kappa shape index (κ1) is 12.1. The Balaban J connectivity index is 1.47. The maximum atomic E-state index is 5.90. The Kier molecular flexibility index (Phi) is 3.63. The van der Waals surface area contributed by atoms with Crippen LogP contribution in [0.5, 0.6) is 0 Å². The largest absolute Gasteiger partial charge is 0.346 e. The molecule has 2 aliphatic rings. The molecule has 98 valence electrons. The molecule has 1 fully saturated rings. The smallest absolute Gasteiger partial charge is 0.185 e. The summed E-state index contributed by atoms with van der Waals surface area (Å²) in [5.74, 6) is 0.659. The first-order valence-corrected chi connectivity index (χ1v) is 7.50. The van der Waals surface area contributed by atoms with E-state index < -0.39 is 0 Å². The first-order chi connectivity index (χ1) is 8.81. The molecule has 18 heavy (non-hydrogen) atoms. The van der Waals surface area contributed by atoms with Crippen molar-refractivity contribution >= 4 is 16.5 Å². The summed E-state index contributed by atoms with van der Waals surface area (Å²) in [4.78, 5) is 9.32. The van der Waals surface area contributed by atoms with Crippen LogP contribution in [0, 0.1) is 5.92 Å². The minimum Gasteiger partial charge on any atom is -0.346 e. The lowest BCUT2D eigenvalue weighted by Gasteiger charge is -2.35.